The van der Waals surface area contributed by atoms with E-state index in [4.69, 9.17) is 0 Å². The van der Waals surface area contributed by atoms with Gasteiger partial charge >= 0.3 is 0 Å². The van der Waals surface area contributed by atoms with Crippen molar-refractivity contribution in [1.82, 2.24) is 0 Å². The first-order valence-electron chi connectivity index (χ1n) is 11.6. The molecule has 28 heavy (non-hydrogen) atoms. The zero-order valence-electron chi connectivity index (χ0n) is 20.0. The van der Waals surface area contributed by atoms with Crippen LogP contribution in [0.2, 0.25) is 0 Å². The van der Waals surface area contributed by atoms with Gasteiger partial charge in [0, 0.05) is 0 Å². The number of hydrogen-bond donors (Lipinski definition) is 0. The molecule has 0 nitrogen and oxygen atoms in total. The largest absolute Gasteiger partial charge is 0.0696 e. The van der Waals surface area contributed by atoms with E-state index in [9.17, 15) is 0 Å². The Balaban J connectivity index is 1.93. The summed E-state index contributed by atoms with van der Waals surface area (Å²) in [6.07, 6.45) is 12.5. The predicted molar refractivity (Wildman–Crippen MR) is 126 cm³/mol. The monoisotopic (exact) mass is 380 g/mol. The molecule has 0 spiro atoms. The average Bonchev–Trinajstić information content (AvgIpc) is 2.63. The number of allylic oxidation sites excluding steroid dienone is 4. The molecule has 0 saturated carbocycles. The highest BCUT2D eigenvalue weighted by Gasteiger charge is 2.22. The molecule has 0 radical (unpaired) electrons. The maximum Gasteiger partial charge on any atom is -0.0129 e. The molecule has 1 aromatic carbocycles. The molecule has 0 atom stereocenters. The lowest BCUT2D eigenvalue weighted by molar-refractivity contribution is 0.470. The van der Waals surface area contributed by atoms with E-state index in [2.05, 4.69) is 79.7 Å². The Hall–Kier alpha value is -1.30. The molecule has 156 valence electrons. The van der Waals surface area contributed by atoms with Crippen LogP contribution in [0.1, 0.15) is 111 Å². The van der Waals surface area contributed by atoms with Gasteiger partial charge < -0.3 is 0 Å². The van der Waals surface area contributed by atoms with Crippen molar-refractivity contribution < 1.29 is 0 Å². The molecule has 0 heterocycles. The highest BCUT2D eigenvalue weighted by Crippen LogP contribution is 2.38. The second-order valence-electron chi connectivity index (χ2n) is 10.7. The molecule has 0 aromatic heterocycles. The lowest BCUT2D eigenvalue weighted by Crippen LogP contribution is -2.14. The van der Waals surface area contributed by atoms with E-state index in [-0.39, 0.29) is 5.41 Å². The second kappa shape index (κ2) is 9.47. The number of benzene rings is 1. The minimum absolute atomic E-state index is 0.244. The Labute approximate surface area is 175 Å². The fourth-order valence-corrected chi connectivity index (χ4v) is 4.73. The molecule has 1 aliphatic rings. The van der Waals surface area contributed by atoms with Crippen LogP contribution >= 0.6 is 0 Å². The lowest BCUT2D eigenvalue weighted by atomic mass is 9.76. The summed E-state index contributed by atoms with van der Waals surface area (Å²) in [6.45, 7) is 18.7. The van der Waals surface area contributed by atoms with Gasteiger partial charge in [-0.05, 0) is 84.5 Å². The van der Waals surface area contributed by atoms with Gasteiger partial charge in [0.15, 0.2) is 0 Å². The standard InChI is InChI=1S/C28H44/c1-9-23-19-21(15-17-25(23)27(3,4)5)13-11-12-14-22-16-18-26(28(6,7)8)24(10-2)20-22/h15,17,19-20H,9-14,16,18H2,1-8H3. The fraction of sp³-hybridized carbons (Fsp3) is 0.643. The van der Waals surface area contributed by atoms with Gasteiger partial charge in [-0.3, -0.25) is 0 Å². The van der Waals surface area contributed by atoms with Gasteiger partial charge in [0.2, 0.25) is 0 Å². The minimum atomic E-state index is 0.244. The van der Waals surface area contributed by atoms with Crippen molar-refractivity contribution in [3.05, 3.63) is 57.7 Å². The first kappa shape index (κ1) is 23.0. The molecule has 0 amide bonds. The lowest BCUT2D eigenvalue weighted by Gasteiger charge is -2.30. The fourth-order valence-electron chi connectivity index (χ4n) is 4.73. The molecule has 0 N–H and O–H groups in total. The molecule has 0 bridgehead atoms. The summed E-state index contributed by atoms with van der Waals surface area (Å²) in [4.78, 5) is 0. The molecular weight excluding hydrogens is 336 g/mol. The van der Waals surface area contributed by atoms with Crippen LogP contribution in [-0.4, -0.2) is 0 Å². The Morgan fingerprint density at radius 2 is 1.46 bits per heavy atom. The number of hydrogen-bond acceptors (Lipinski definition) is 0. The summed E-state index contributed by atoms with van der Waals surface area (Å²) in [5.74, 6) is 0. The zero-order valence-corrected chi connectivity index (χ0v) is 20.0. The maximum atomic E-state index is 2.54. The minimum Gasteiger partial charge on any atom is -0.0696 e. The van der Waals surface area contributed by atoms with Gasteiger partial charge in [0.1, 0.15) is 0 Å². The Morgan fingerprint density at radius 1 is 0.786 bits per heavy atom. The van der Waals surface area contributed by atoms with Crippen molar-refractivity contribution in [3.63, 3.8) is 0 Å². The topological polar surface area (TPSA) is 0 Å². The van der Waals surface area contributed by atoms with Gasteiger partial charge in [-0.15, -0.1) is 0 Å². The molecule has 1 aromatic rings. The third-order valence-electron chi connectivity index (χ3n) is 6.32. The van der Waals surface area contributed by atoms with Crippen LogP contribution in [0.4, 0.5) is 0 Å². The van der Waals surface area contributed by atoms with Crippen LogP contribution in [0, 0.1) is 5.41 Å². The van der Waals surface area contributed by atoms with E-state index in [1.807, 2.05) is 0 Å². The second-order valence-corrected chi connectivity index (χ2v) is 10.7. The maximum absolute atomic E-state index is 2.54. The van der Waals surface area contributed by atoms with E-state index in [0.29, 0.717) is 5.41 Å². The van der Waals surface area contributed by atoms with Crippen molar-refractivity contribution in [1.29, 1.82) is 0 Å². The van der Waals surface area contributed by atoms with Crippen LogP contribution in [0.25, 0.3) is 0 Å². The first-order chi connectivity index (χ1) is 13.1. The van der Waals surface area contributed by atoms with E-state index in [1.165, 1.54) is 61.6 Å². The summed E-state index contributed by atoms with van der Waals surface area (Å²) in [5, 5.41) is 0. The molecule has 0 aliphatic heterocycles. The smallest absolute Gasteiger partial charge is 0.0129 e. The van der Waals surface area contributed by atoms with Crippen LogP contribution in [0.3, 0.4) is 0 Å². The molecular formula is C28H44. The molecule has 0 fully saturated rings. The average molecular weight is 381 g/mol. The molecule has 2 rings (SSSR count). The summed E-state index contributed by atoms with van der Waals surface area (Å²) in [7, 11) is 0. The molecule has 0 heteroatoms. The SMILES string of the molecule is CCC1=C(C(C)(C)C)CCC(CCCCc2ccc(C(C)(C)C)c(CC)c2)=C1. The van der Waals surface area contributed by atoms with Crippen molar-refractivity contribution in [2.45, 2.75) is 112 Å². The zero-order chi connectivity index (χ0) is 20.9. The van der Waals surface area contributed by atoms with Crippen LogP contribution in [0.5, 0.6) is 0 Å². The molecule has 0 unspecified atom stereocenters. The van der Waals surface area contributed by atoms with Crippen molar-refractivity contribution >= 4 is 0 Å². The highest BCUT2D eigenvalue weighted by molar-refractivity contribution is 5.37. The number of aryl methyl sites for hydroxylation is 2. The van der Waals surface area contributed by atoms with Gasteiger partial charge in [0.25, 0.3) is 0 Å². The van der Waals surface area contributed by atoms with E-state index >= 15 is 0 Å². The van der Waals surface area contributed by atoms with Crippen molar-refractivity contribution in [2.24, 2.45) is 5.41 Å². The predicted octanol–water partition coefficient (Wildman–Crippen LogP) is 8.73. The van der Waals surface area contributed by atoms with Crippen molar-refractivity contribution in [3.8, 4) is 0 Å². The summed E-state index contributed by atoms with van der Waals surface area (Å²) in [5.41, 5.74) is 10.1. The van der Waals surface area contributed by atoms with E-state index < -0.39 is 0 Å². The van der Waals surface area contributed by atoms with Crippen molar-refractivity contribution in [2.75, 3.05) is 0 Å². The van der Waals surface area contributed by atoms with Crippen LogP contribution < -0.4 is 0 Å². The summed E-state index contributed by atoms with van der Waals surface area (Å²) >= 11 is 0. The Morgan fingerprint density at radius 3 is 2.04 bits per heavy atom. The van der Waals surface area contributed by atoms with E-state index in [1.54, 1.807) is 16.7 Å². The molecule has 1 aliphatic carbocycles. The van der Waals surface area contributed by atoms with Crippen LogP contribution in [-0.2, 0) is 18.3 Å². The molecule has 0 saturated heterocycles. The van der Waals surface area contributed by atoms with Gasteiger partial charge in [-0.2, -0.15) is 0 Å². The van der Waals surface area contributed by atoms with Gasteiger partial charge in [0.05, 0.1) is 0 Å². The van der Waals surface area contributed by atoms with Gasteiger partial charge in [-0.1, -0.05) is 90.8 Å². The third kappa shape index (κ3) is 6.10. The normalized spacial score (nSPS) is 15.8. The highest BCUT2D eigenvalue weighted by atomic mass is 14.3. The summed E-state index contributed by atoms with van der Waals surface area (Å²) in [6, 6.07) is 7.21. The van der Waals surface area contributed by atoms with Crippen LogP contribution in [0.15, 0.2) is 41.0 Å². The quantitative estimate of drug-likeness (QED) is 0.415. The van der Waals surface area contributed by atoms with Gasteiger partial charge in [-0.25, -0.2) is 0 Å². The summed E-state index contributed by atoms with van der Waals surface area (Å²) < 4.78 is 0. The Bertz CT molecular complexity index is 713. The number of rotatable bonds is 7. The first-order valence-corrected chi connectivity index (χ1v) is 11.6. The third-order valence-corrected chi connectivity index (χ3v) is 6.32. The van der Waals surface area contributed by atoms with E-state index in [0.717, 1.165) is 6.42 Å². The number of unbranched alkanes of at least 4 members (excludes halogenated alkanes) is 1. The Kier molecular flexibility index (Phi) is 7.77.